The first-order chi connectivity index (χ1) is 9.83. The summed E-state index contributed by atoms with van der Waals surface area (Å²) in [5.74, 6) is 1.85. The van der Waals surface area contributed by atoms with E-state index in [2.05, 4.69) is 23.0 Å². The van der Waals surface area contributed by atoms with Crippen LogP contribution in [0.1, 0.15) is 19.8 Å². The number of quaternary nitrogens is 1. The normalized spacial score (nSPS) is 23.4. The smallest absolute Gasteiger partial charge is 0.273 e. The molecule has 3 aromatic rings. The van der Waals surface area contributed by atoms with E-state index in [0.717, 1.165) is 46.9 Å². The number of hydrogen-bond acceptors (Lipinski definition) is 3. The maximum atomic E-state index is 6.02. The molecule has 4 heteroatoms. The van der Waals surface area contributed by atoms with Crippen molar-refractivity contribution in [3.63, 3.8) is 0 Å². The first-order valence-electron chi connectivity index (χ1n) is 7.30. The van der Waals surface area contributed by atoms with Crippen LogP contribution in [0.15, 0.2) is 35.0 Å². The van der Waals surface area contributed by atoms with Gasteiger partial charge in [-0.25, -0.2) is 4.98 Å². The van der Waals surface area contributed by atoms with Crippen molar-refractivity contribution in [2.45, 2.75) is 19.8 Å². The highest BCUT2D eigenvalue weighted by atomic mass is 16.3. The zero-order chi connectivity index (χ0) is 13.5. The predicted octanol–water partition coefficient (Wildman–Crippen LogP) is 2.32. The Kier molecular flexibility index (Phi) is 2.70. The fourth-order valence-electron chi connectivity index (χ4n) is 3.12. The first kappa shape index (κ1) is 11.9. The number of hydrogen-bond donors (Lipinski definition) is 1. The number of nitrogens with one attached hydrogen (secondary N) is 1. The molecule has 1 aliphatic rings. The number of nitrogens with zero attached hydrogens (tertiary/aromatic N) is 2. The van der Waals surface area contributed by atoms with Crippen molar-refractivity contribution in [1.82, 2.24) is 9.97 Å². The number of furan rings is 1. The van der Waals surface area contributed by atoms with E-state index in [9.17, 15) is 0 Å². The molecule has 1 aromatic carbocycles. The molecule has 0 spiro atoms. The molecule has 4 rings (SSSR count). The highest BCUT2D eigenvalue weighted by Crippen LogP contribution is 2.29. The summed E-state index contributed by atoms with van der Waals surface area (Å²) in [7, 11) is 0. The monoisotopic (exact) mass is 268 g/mol. The Labute approximate surface area is 117 Å². The van der Waals surface area contributed by atoms with Gasteiger partial charge in [0.25, 0.3) is 5.82 Å². The van der Waals surface area contributed by atoms with Gasteiger partial charge in [-0.1, -0.05) is 19.1 Å². The molecule has 1 saturated heterocycles. The summed E-state index contributed by atoms with van der Waals surface area (Å²) in [6, 6.07) is 8.07. The molecule has 2 aromatic heterocycles. The van der Waals surface area contributed by atoms with E-state index in [-0.39, 0.29) is 0 Å². The molecule has 1 N–H and O–H groups in total. The van der Waals surface area contributed by atoms with E-state index >= 15 is 0 Å². The third kappa shape index (κ3) is 1.79. The summed E-state index contributed by atoms with van der Waals surface area (Å²) in [4.78, 5) is 10.4. The van der Waals surface area contributed by atoms with Gasteiger partial charge in [-0.15, -0.1) is 0 Å². The lowest BCUT2D eigenvalue weighted by molar-refractivity contribution is -0.841. The van der Waals surface area contributed by atoms with Crippen molar-refractivity contribution in [3.05, 3.63) is 30.6 Å². The average molecular weight is 268 g/mol. The van der Waals surface area contributed by atoms with Gasteiger partial charge < -0.3 is 4.42 Å². The zero-order valence-electron chi connectivity index (χ0n) is 11.6. The lowest BCUT2D eigenvalue weighted by Crippen LogP contribution is -3.08. The number of piperidine rings is 1. The lowest BCUT2D eigenvalue weighted by atomic mass is 9.99. The van der Waals surface area contributed by atoms with Gasteiger partial charge in [0.2, 0.25) is 5.58 Å². The first-order valence-corrected chi connectivity index (χ1v) is 7.30. The molecule has 0 atom stereocenters. The second kappa shape index (κ2) is 4.56. The van der Waals surface area contributed by atoms with E-state index in [1.807, 2.05) is 18.2 Å². The third-order valence-corrected chi connectivity index (χ3v) is 4.37. The molecule has 0 radical (unpaired) electrons. The topological polar surface area (TPSA) is 43.4 Å². The molecule has 4 nitrogen and oxygen atoms in total. The van der Waals surface area contributed by atoms with E-state index in [1.54, 1.807) is 6.33 Å². The molecule has 0 saturated carbocycles. The van der Waals surface area contributed by atoms with Crippen molar-refractivity contribution in [1.29, 1.82) is 0 Å². The fourth-order valence-corrected chi connectivity index (χ4v) is 3.12. The Morgan fingerprint density at radius 3 is 2.80 bits per heavy atom. The molecule has 3 heterocycles. The maximum Gasteiger partial charge on any atom is 0.273 e. The molecule has 1 aliphatic heterocycles. The highest BCUT2D eigenvalue weighted by molar-refractivity contribution is 6.04. The van der Waals surface area contributed by atoms with Crippen molar-refractivity contribution >= 4 is 27.9 Å². The molecule has 0 aliphatic carbocycles. The average Bonchev–Trinajstić information content (AvgIpc) is 2.87. The summed E-state index contributed by atoms with van der Waals surface area (Å²) in [6.45, 7) is 4.59. The lowest BCUT2D eigenvalue weighted by Gasteiger charge is -2.25. The summed E-state index contributed by atoms with van der Waals surface area (Å²) < 4.78 is 6.02. The number of benzene rings is 1. The summed E-state index contributed by atoms with van der Waals surface area (Å²) >= 11 is 0. The third-order valence-electron chi connectivity index (χ3n) is 4.37. The molecule has 0 bridgehead atoms. The molecular formula is C16H18N3O+. The number of para-hydroxylation sites is 1. The van der Waals surface area contributed by atoms with E-state index in [4.69, 9.17) is 4.42 Å². The molecule has 20 heavy (non-hydrogen) atoms. The van der Waals surface area contributed by atoms with Crippen LogP contribution in [-0.2, 0) is 0 Å². The van der Waals surface area contributed by atoms with Gasteiger partial charge in [0.05, 0.1) is 13.1 Å². The molecule has 0 unspecified atom stereocenters. The van der Waals surface area contributed by atoms with Crippen LogP contribution in [0.3, 0.4) is 0 Å². The molecule has 1 fully saturated rings. The molecule has 102 valence electrons. The second-order valence-electron chi connectivity index (χ2n) is 5.78. The quantitative estimate of drug-likeness (QED) is 0.736. The predicted molar refractivity (Wildman–Crippen MR) is 78.1 cm³/mol. The minimum atomic E-state index is 0.826. The van der Waals surface area contributed by atoms with Gasteiger partial charge in [0, 0.05) is 5.39 Å². The second-order valence-corrected chi connectivity index (χ2v) is 5.78. The van der Waals surface area contributed by atoms with Crippen LogP contribution >= 0.6 is 0 Å². The Bertz CT molecular complexity index is 757. The summed E-state index contributed by atoms with van der Waals surface area (Å²) in [5, 5.41) is 1.08. The molecule has 0 amide bonds. The van der Waals surface area contributed by atoms with Crippen molar-refractivity contribution in [2.24, 2.45) is 5.92 Å². The van der Waals surface area contributed by atoms with Crippen LogP contribution < -0.4 is 4.90 Å². The summed E-state index contributed by atoms with van der Waals surface area (Å²) in [6.07, 6.45) is 4.17. The van der Waals surface area contributed by atoms with Gasteiger partial charge in [-0.05, 0) is 30.9 Å². The number of rotatable bonds is 1. The zero-order valence-corrected chi connectivity index (χ0v) is 11.6. The van der Waals surface area contributed by atoms with Crippen LogP contribution in [0, 0.1) is 5.92 Å². The minimum Gasteiger partial charge on any atom is -0.446 e. The highest BCUT2D eigenvalue weighted by Gasteiger charge is 2.26. The van der Waals surface area contributed by atoms with Gasteiger partial charge >= 0.3 is 0 Å². The van der Waals surface area contributed by atoms with E-state index in [1.165, 1.54) is 17.7 Å². The van der Waals surface area contributed by atoms with Crippen LogP contribution in [0.5, 0.6) is 0 Å². The van der Waals surface area contributed by atoms with Crippen LogP contribution in [-0.4, -0.2) is 23.1 Å². The van der Waals surface area contributed by atoms with Gasteiger partial charge in [-0.3, -0.25) is 4.90 Å². The Morgan fingerprint density at radius 2 is 1.95 bits per heavy atom. The number of fused-ring (bicyclic) bond motifs is 3. The fraction of sp³-hybridized carbons (Fsp3) is 0.375. The summed E-state index contributed by atoms with van der Waals surface area (Å²) in [5.41, 5.74) is 2.70. The Hall–Kier alpha value is -1.94. The number of aromatic nitrogens is 2. The van der Waals surface area contributed by atoms with Crippen molar-refractivity contribution < 1.29 is 9.32 Å². The van der Waals surface area contributed by atoms with Gasteiger partial charge in [-0.2, -0.15) is 4.98 Å². The van der Waals surface area contributed by atoms with Crippen molar-refractivity contribution in [3.8, 4) is 0 Å². The van der Waals surface area contributed by atoms with Crippen molar-refractivity contribution in [2.75, 3.05) is 13.1 Å². The van der Waals surface area contributed by atoms with E-state index in [0.29, 0.717) is 0 Å². The maximum absolute atomic E-state index is 6.02. The van der Waals surface area contributed by atoms with Crippen LogP contribution in [0.2, 0.25) is 0 Å². The molecular weight excluding hydrogens is 250 g/mol. The van der Waals surface area contributed by atoms with Crippen LogP contribution in [0.25, 0.3) is 22.1 Å². The largest absolute Gasteiger partial charge is 0.446 e. The van der Waals surface area contributed by atoms with Crippen LogP contribution in [0.4, 0.5) is 5.82 Å². The Morgan fingerprint density at radius 1 is 1.15 bits per heavy atom. The minimum absolute atomic E-state index is 0.826. The van der Waals surface area contributed by atoms with Gasteiger partial charge in [0.1, 0.15) is 17.4 Å². The van der Waals surface area contributed by atoms with E-state index < -0.39 is 0 Å². The van der Waals surface area contributed by atoms with Gasteiger partial charge in [0.15, 0.2) is 0 Å². The SMILES string of the molecule is CC1CC[NH+](c2ncnc3c2oc2ccccc23)CC1. The Balaban J connectivity index is 1.87. The standard InChI is InChI=1S/C16H17N3O/c1-11-6-8-19(9-7-11)16-15-14(17-10-18-16)12-4-2-3-5-13(12)20-15/h2-5,10-11H,6-9H2,1H3/p+1.